The third-order valence-corrected chi connectivity index (χ3v) is 4.68. The Hall–Kier alpha value is -0.610. The van der Waals surface area contributed by atoms with E-state index in [1.807, 2.05) is 0 Å². The molecule has 0 aliphatic carbocycles. The first-order valence-corrected chi connectivity index (χ1v) is 6.99. The number of aliphatic carboxylic acids is 1. The van der Waals surface area contributed by atoms with Crippen LogP contribution < -0.4 is 0 Å². The van der Waals surface area contributed by atoms with Gasteiger partial charge in [-0.1, -0.05) is 0 Å². The summed E-state index contributed by atoms with van der Waals surface area (Å²) in [6, 6.07) is 1.74. The number of carboxylic acid groups (broad SMARTS) is 1. The number of carboxylic acids is 1. The van der Waals surface area contributed by atoms with Gasteiger partial charge < -0.3 is 10.0 Å². The molecule has 2 aliphatic rings. The van der Waals surface area contributed by atoms with Crippen LogP contribution in [-0.4, -0.2) is 58.1 Å². The topological polar surface area (TPSA) is 43.8 Å². The van der Waals surface area contributed by atoms with Crippen molar-refractivity contribution in [2.75, 3.05) is 13.6 Å². The van der Waals surface area contributed by atoms with E-state index >= 15 is 0 Å². The number of fused-ring (bicyclic) bond motifs is 2. The Morgan fingerprint density at radius 3 is 2.17 bits per heavy atom. The van der Waals surface area contributed by atoms with Crippen molar-refractivity contribution < 1.29 is 9.90 Å². The van der Waals surface area contributed by atoms with Gasteiger partial charge in [0.15, 0.2) is 0 Å². The standard InChI is InChI=1S/C14H26N2O2/c1-14(2,3)16(9-13(17)18)12-7-10-5-6-11(8-12)15(10)4/h10-12H,5-9H2,1-4H3,(H,17,18). The van der Waals surface area contributed by atoms with Gasteiger partial charge in [0.1, 0.15) is 0 Å². The highest BCUT2D eigenvalue weighted by Gasteiger charge is 2.42. The lowest BCUT2D eigenvalue weighted by Gasteiger charge is -2.46. The Morgan fingerprint density at radius 2 is 1.78 bits per heavy atom. The van der Waals surface area contributed by atoms with Crippen LogP contribution in [0.4, 0.5) is 0 Å². The molecule has 2 rings (SSSR count). The van der Waals surface area contributed by atoms with Gasteiger partial charge in [-0.3, -0.25) is 9.69 Å². The SMILES string of the molecule is CN1C2CCC1CC(N(CC(=O)O)C(C)(C)C)C2. The van der Waals surface area contributed by atoms with Gasteiger partial charge in [-0.15, -0.1) is 0 Å². The van der Waals surface area contributed by atoms with Gasteiger partial charge in [0.2, 0.25) is 0 Å². The monoisotopic (exact) mass is 254 g/mol. The third-order valence-electron chi connectivity index (χ3n) is 4.68. The zero-order valence-electron chi connectivity index (χ0n) is 12.0. The highest BCUT2D eigenvalue weighted by atomic mass is 16.4. The first-order valence-electron chi connectivity index (χ1n) is 6.99. The molecule has 0 aromatic heterocycles. The molecule has 0 amide bonds. The van der Waals surface area contributed by atoms with E-state index in [0.717, 1.165) is 12.8 Å². The van der Waals surface area contributed by atoms with Crippen molar-refractivity contribution >= 4 is 5.97 Å². The largest absolute Gasteiger partial charge is 0.480 e. The molecule has 2 aliphatic heterocycles. The van der Waals surface area contributed by atoms with Crippen molar-refractivity contribution in [3.8, 4) is 0 Å². The molecule has 0 aromatic carbocycles. The number of piperidine rings is 1. The Kier molecular flexibility index (Phi) is 3.70. The minimum atomic E-state index is -0.712. The van der Waals surface area contributed by atoms with E-state index in [0.29, 0.717) is 18.1 Å². The van der Waals surface area contributed by atoms with Crippen molar-refractivity contribution in [2.45, 2.75) is 70.1 Å². The van der Waals surface area contributed by atoms with Crippen LogP contribution >= 0.6 is 0 Å². The van der Waals surface area contributed by atoms with Gasteiger partial charge >= 0.3 is 5.97 Å². The van der Waals surface area contributed by atoms with Gasteiger partial charge in [-0.2, -0.15) is 0 Å². The summed E-state index contributed by atoms with van der Waals surface area (Å²) < 4.78 is 0. The normalized spacial score (nSPS) is 33.1. The molecule has 18 heavy (non-hydrogen) atoms. The minimum Gasteiger partial charge on any atom is -0.480 e. The minimum absolute atomic E-state index is 0.0710. The second-order valence-corrected chi connectivity index (χ2v) is 6.87. The van der Waals surface area contributed by atoms with Crippen LogP contribution in [0.2, 0.25) is 0 Å². The summed E-state index contributed by atoms with van der Waals surface area (Å²) in [4.78, 5) is 15.8. The maximum absolute atomic E-state index is 11.1. The van der Waals surface area contributed by atoms with E-state index < -0.39 is 5.97 Å². The summed E-state index contributed by atoms with van der Waals surface area (Å²) in [5.74, 6) is -0.712. The molecule has 2 fully saturated rings. The number of carbonyl (C=O) groups is 1. The fraction of sp³-hybridized carbons (Fsp3) is 0.929. The van der Waals surface area contributed by atoms with Crippen molar-refractivity contribution in [1.29, 1.82) is 0 Å². The maximum atomic E-state index is 11.1. The molecule has 4 heteroatoms. The molecule has 0 saturated carbocycles. The van der Waals surface area contributed by atoms with Crippen LogP contribution in [0.1, 0.15) is 46.5 Å². The van der Waals surface area contributed by atoms with Gasteiger partial charge in [0.05, 0.1) is 6.54 Å². The fourth-order valence-corrected chi connectivity index (χ4v) is 3.70. The molecule has 104 valence electrons. The Labute approximate surface area is 110 Å². The van der Waals surface area contributed by atoms with Gasteiger partial charge in [0, 0.05) is 23.7 Å². The third kappa shape index (κ3) is 2.69. The molecule has 4 nitrogen and oxygen atoms in total. The summed E-state index contributed by atoms with van der Waals surface area (Å²) in [6.07, 6.45) is 4.81. The molecule has 0 spiro atoms. The van der Waals surface area contributed by atoms with Gasteiger partial charge in [0.25, 0.3) is 0 Å². The van der Waals surface area contributed by atoms with E-state index in [2.05, 4.69) is 37.6 Å². The summed E-state index contributed by atoms with van der Waals surface area (Å²) >= 11 is 0. The van der Waals surface area contributed by atoms with E-state index in [9.17, 15) is 4.79 Å². The van der Waals surface area contributed by atoms with Crippen LogP contribution in [0, 0.1) is 0 Å². The lowest BCUT2D eigenvalue weighted by atomic mass is 9.92. The van der Waals surface area contributed by atoms with Crippen LogP contribution in [0.15, 0.2) is 0 Å². The quantitative estimate of drug-likeness (QED) is 0.834. The summed E-state index contributed by atoms with van der Waals surface area (Å²) in [5, 5.41) is 9.13. The number of hydrogen-bond donors (Lipinski definition) is 1. The highest BCUT2D eigenvalue weighted by molar-refractivity contribution is 5.69. The number of hydrogen-bond acceptors (Lipinski definition) is 3. The number of rotatable bonds is 3. The Balaban J connectivity index is 2.10. The maximum Gasteiger partial charge on any atom is 0.317 e. The first-order chi connectivity index (χ1) is 8.29. The Bertz CT molecular complexity index is 310. The number of nitrogens with zero attached hydrogens (tertiary/aromatic N) is 2. The zero-order chi connectivity index (χ0) is 13.5. The summed E-state index contributed by atoms with van der Waals surface area (Å²) in [5.41, 5.74) is -0.0710. The zero-order valence-corrected chi connectivity index (χ0v) is 12.0. The molecule has 0 radical (unpaired) electrons. The molecular formula is C14H26N2O2. The van der Waals surface area contributed by atoms with E-state index in [1.54, 1.807) is 0 Å². The Morgan fingerprint density at radius 1 is 1.28 bits per heavy atom. The second kappa shape index (κ2) is 4.82. The molecule has 1 N–H and O–H groups in total. The van der Waals surface area contributed by atoms with E-state index in [4.69, 9.17) is 5.11 Å². The molecule has 0 aromatic rings. The van der Waals surface area contributed by atoms with Gasteiger partial charge in [-0.25, -0.2) is 0 Å². The van der Waals surface area contributed by atoms with Crippen molar-refractivity contribution in [2.24, 2.45) is 0 Å². The van der Waals surface area contributed by atoms with Crippen LogP contribution in [0.5, 0.6) is 0 Å². The lowest BCUT2D eigenvalue weighted by molar-refractivity contribution is -0.141. The van der Waals surface area contributed by atoms with Crippen LogP contribution in [0.25, 0.3) is 0 Å². The van der Waals surface area contributed by atoms with E-state index in [1.165, 1.54) is 12.8 Å². The smallest absolute Gasteiger partial charge is 0.317 e. The average molecular weight is 254 g/mol. The second-order valence-electron chi connectivity index (χ2n) is 6.87. The molecule has 2 heterocycles. The van der Waals surface area contributed by atoms with Crippen molar-refractivity contribution in [1.82, 2.24) is 9.80 Å². The molecule has 2 saturated heterocycles. The average Bonchev–Trinajstić information content (AvgIpc) is 2.50. The molecule has 2 bridgehead atoms. The van der Waals surface area contributed by atoms with Gasteiger partial charge in [-0.05, 0) is 53.5 Å². The summed E-state index contributed by atoms with van der Waals surface area (Å²) in [7, 11) is 2.22. The fourth-order valence-electron chi connectivity index (χ4n) is 3.70. The predicted octanol–water partition coefficient (Wildman–Crippen LogP) is 1.80. The first kappa shape index (κ1) is 13.8. The molecule has 2 atom stereocenters. The van der Waals surface area contributed by atoms with Crippen LogP contribution in [-0.2, 0) is 4.79 Å². The lowest BCUT2D eigenvalue weighted by Crippen LogP contribution is -2.56. The molecular weight excluding hydrogens is 228 g/mol. The predicted molar refractivity (Wildman–Crippen MR) is 71.7 cm³/mol. The van der Waals surface area contributed by atoms with E-state index in [-0.39, 0.29) is 12.1 Å². The summed E-state index contributed by atoms with van der Waals surface area (Å²) in [6.45, 7) is 6.53. The van der Waals surface area contributed by atoms with Crippen molar-refractivity contribution in [3.63, 3.8) is 0 Å². The highest BCUT2D eigenvalue weighted by Crippen LogP contribution is 2.37. The van der Waals surface area contributed by atoms with Crippen LogP contribution in [0.3, 0.4) is 0 Å². The van der Waals surface area contributed by atoms with Crippen molar-refractivity contribution in [3.05, 3.63) is 0 Å². The molecule has 2 unspecified atom stereocenters.